The second-order valence-electron chi connectivity index (χ2n) is 3.92. The third-order valence-electron chi connectivity index (χ3n) is 2.40. The van der Waals surface area contributed by atoms with Gasteiger partial charge in [-0.1, -0.05) is 19.4 Å². The minimum atomic E-state index is 0.520. The number of hydrogen-bond acceptors (Lipinski definition) is 3. The molecule has 1 rings (SSSR count). The van der Waals surface area contributed by atoms with Gasteiger partial charge in [0.25, 0.3) is 0 Å². The molecule has 0 bridgehead atoms. The fraction of sp³-hybridized carbons (Fsp3) is 0.583. The van der Waals surface area contributed by atoms with E-state index < -0.39 is 0 Å². The van der Waals surface area contributed by atoms with Crippen LogP contribution in [0.3, 0.4) is 0 Å². The van der Waals surface area contributed by atoms with E-state index in [1.807, 2.05) is 12.1 Å². The van der Waals surface area contributed by atoms with Gasteiger partial charge >= 0.3 is 0 Å². The average molecular weight is 207 g/mol. The molecule has 0 saturated carbocycles. The molecule has 0 spiro atoms. The summed E-state index contributed by atoms with van der Waals surface area (Å²) in [7, 11) is 2.13. The van der Waals surface area contributed by atoms with Crippen molar-refractivity contribution in [2.24, 2.45) is 5.73 Å². The highest BCUT2D eigenvalue weighted by molar-refractivity contribution is 5.10. The Labute approximate surface area is 92.3 Å². The maximum Gasteiger partial charge on any atom is 0.0547 e. The van der Waals surface area contributed by atoms with Gasteiger partial charge in [-0.05, 0) is 32.1 Å². The molecule has 0 atom stereocenters. The maximum absolute atomic E-state index is 5.55. The molecular formula is C12H21N3. The SMILES string of the molecule is CCCCN(C)Cc1cccc(CN)n1. The van der Waals surface area contributed by atoms with Crippen molar-refractivity contribution in [3.05, 3.63) is 29.6 Å². The summed E-state index contributed by atoms with van der Waals surface area (Å²) in [5.41, 5.74) is 7.63. The lowest BCUT2D eigenvalue weighted by Crippen LogP contribution is -2.20. The summed E-state index contributed by atoms with van der Waals surface area (Å²) in [5, 5.41) is 0. The van der Waals surface area contributed by atoms with Gasteiger partial charge < -0.3 is 10.6 Å². The first-order chi connectivity index (χ1) is 7.26. The van der Waals surface area contributed by atoms with Crippen molar-refractivity contribution in [3.63, 3.8) is 0 Å². The summed E-state index contributed by atoms with van der Waals surface area (Å²) in [6, 6.07) is 6.05. The molecule has 0 saturated heterocycles. The van der Waals surface area contributed by atoms with Gasteiger partial charge in [0.15, 0.2) is 0 Å². The Kier molecular flexibility index (Phi) is 5.29. The van der Waals surface area contributed by atoms with Gasteiger partial charge in [-0.15, -0.1) is 0 Å². The molecule has 0 fully saturated rings. The highest BCUT2D eigenvalue weighted by Crippen LogP contribution is 2.03. The number of hydrogen-bond donors (Lipinski definition) is 1. The molecule has 15 heavy (non-hydrogen) atoms. The normalized spacial score (nSPS) is 10.9. The lowest BCUT2D eigenvalue weighted by Gasteiger charge is -2.15. The van der Waals surface area contributed by atoms with E-state index in [4.69, 9.17) is 5.73 Å². The fourth-order valence-electron chi connectivity index (χ4n) is 1.51. The van der Waals surface area contributed by atoms with Gasteiger partial charge in [-0.3, -0.25) is 4.98 Å². The average Bonchev–Trinajstić information content (AvgIpc) is 2.26. The van der Waals surface area contributed by atoms with Gasteiger partial charge in [-0.25, -0.2) is 0 Å². The summed E-state index contributed by atoms with van der Waals surface area (Å²) in [4.78, 5) is 6.77. The molecule has 0 radical (unpaired) electrons. The first kappa shape index (κ1) is 12.1. The standard InChI is InChI=1S/C12H21N3/c1-3-4-8-15(2)10-12-7-5-6-11(9-13)14-12/h5-7H,3-4,8-10,13H2,1-2H3. The van der Waals surface area contributed by atoms with Crippen LogP contribution in [-0.2, 0) is 13.1 Å². The Bertz CT molecular complexity index is 286. The molecule has 3 nitrogen and oxygen atoms in total. The van der Waals surface area contributed by atoms with Crippen molar-refractivity contribution in [3.8, 4) is 0 Å². The molecule has 1 aromatic rings. The van der Waals surface area contributed by atoms with Gasteiger partial charge in [0.05, 0.1) is 11.4 Å². The number of nitrogens with zero attached hydrogens (tertiary/aromatic N) is 2. The lowest BCUT2D eigenvalue weighted by molar-refractivity contribution is 0.317. The summed E-state index contributed by atoms with van der Waals surface area (Å²) in [6.07, 6.45) is 2.48. The summed E-state index contributed by atoms with van der Waals surface area (Å²) < 4.78 is 0. The Morgan fingerprint density at radius 3 is 2.73 bits per heavy atom. The van der Waals surface area contributed by atoms with Crippen LogP contribution >= 0.6 is 0 Å². The molecule has 0 amide bonds. The smallest absolute Gasteiger partial charge is 0.0547 e. The lowest BCUT2D eigenvalue weighted by atomic mass is 10.2. The van der Waals surface area contributed by atoms with Crippen LogP contribution < -0.4 is 5.73 Å². The Morgan fingerprint density at radius 1 is 1.33 bits per heavy atom. The third-order valence-corrected chi connectivity index (χ3v) is 2.40. The highest BCUT2D eigenvalue weighted by Gasteiger charge is 2.01. The van der Waals surface area contributed by atoms with Crippen LogP contribution in [0, 0.1) is 0 Å². The molecular weight excluding hydrogens is 186 g/mol. The summed E-state index contributed by atoms with van der Waals surface area (Å²) >= 11 is 0. The maximum atomic E-state index is 5.55. The topological polar surface area (TPSA) is 42.1 Å². The van der Waals surface area contributed by atoms with E-state index in [9.17, 15) is 0 Å². The zero-order valence-electron chi connectivity index (χ0n) is 9.74. The molecule has 3 heteroatoms. The van der Waals surface area contributed by atoms with Crippen LogP contribution in [0.5, 0.6) is 0 Å². The minimum absolute atomic E-state index is 0.520. The number of nitrogens with two attached hydrogens (primary N) is 1. The molecule has 2 N–H and O–H groups in total. The molecule has 0 aromatic carbocycles. The Balaban J connectivity index is 2.48. The number of aromatic nitrogens is 1. The van der Waals surface area contributed by atoms with E-state index in [2.05, 4.69) is 29.9 Å². The van der Waals surface area contributed by atoms with Gasteiger partial charge in [-0.2, -0.15) is 0 Å². The van der Waals surface area contributed by atoms with E-state index in [0.29, 0.717) is 6.54 Å². The van der Waals surface area contributed by atoms with Crippen LogP contribution in [0.25, 0.3) is 0 Å². The fourth-order valence-corrected chi connectivity index (χ4v) is 1.51. The quantitative estimate of drug-likeness (QED) is 0.773. The second kappa shape index (κ2) is 6.53. The van der Waals surface area contributed by atoms with Crippen LogP contribution in [0.15, 0.2) is 18.2 Å². The molecule has 0 aliphatic rings. The van der Waals surface area contributed by atoms with E-state index in [1.54, 1.807) is 0 Å². The van der Waals surface area contributed by atoms with E-state index in [0.717, 1.165) is 24.5 Å². The largest absolute Gasteiger partial charge is 0.325 e. The van der Waals surface area contributed by atoms with Crippen molar-refractivity contribution in [1.29, 1.82) is 0 Å². The molecule has 84 valence electrons. The number of unbranched alkanes of at least 4 members (excludes halogenated alkanes) is 1. The summed E-state index contributed by atoms with van der Waals surface area (Å²) in [5.74, 6) is 0. The van der Waals surface area contributed by atoms with E-state index >= 15 is 0 Å². The van der Waals surface area contributed by atoms with E-state index in [-0.39, 0.29) is 0 Å². The predicted molar refractivity (Wildman–Crippen MR) is 63.4 cm³/mol. The van der Waals surface area contributed by atoms with Crippen LogP contribution in [-0.4, -0.2) is 23.5 Å². The van der Waals surface area contributed by atoms with Crippen LogP contribution in [0.4, 0.5) is 0 Å². The molecule has 1 heterocycles. The molecule has 1 aromatic heterocycles. The summed E-state index contributed by atoms with van der Waals surface area (Å²) in [6.45, 7) is 4.77. The van der Waals surface area contributed by atoms with Crippen LogP contribution in [0.1, 0.15) is 31.2 Å². The molecule has 0 aliphatic carbocycles. The van der Waals surface area contributed by atoms with Crippen molar-refractivity contribution in [1.82, 2.24) is 9.88 Å². The second-order valence-corrected chi connectivity index (χ2v) is 3.92. The first-order valence-corrected chi connectivity index (χ1v) is 5.59. The van der Waals surface area contributed by atoms with Gasteiger partial charge in [0.2, 0.25) is 0 Å². The predicted octanol–water partition coefficient (Wildman–Crippen LogP) is 1.77. The van der Waals surface area contributed by atoms with Crippen molar-refractivity contribution >= 4 is 0 Å². The molecule has 0 aliphatic heterocycles. The van der Waals surface area contributed by atoms with Crippen LogP contribution in [0.2, 0.25) is 0 Å². The minimum Gasteiger partial charge on any atom is -0.325 e. The van der Waals surface area contributed by atoms with Crippen molar-refractivity contribution < 1.29 is 0 Å². The monoisotopic (exact) mass is 207 g/mol. The zero-order valence-corrected chi connectivity index (χ0v) is 9.74. The third kappa shape index (κ3) is 4.40. The first-order valence-electron chi connectivity index (χ1n) is 5.59. The molecule has 0 unspecified atom stereocenters. The van der Waals surface area contributed by atoms with E-state index in [1.165, 1.54) is 12.8 Å². The van der Waals surface area contributed by atoms with Crippen molar-refractivity contribution in [2.45, 2.75) is 32.9 Å². The zero-order chi connectivity index (χ0) is 11.1. The van der Waals surface area contributed by atoms with Crippen molar-refractivity contribution in [2.75, 3.05) is 13.6 Å². The Hall–Kier alpha value is -0.930. The Morgan fingerprint density at radius 2 is 2.07 bits per heavy atom. The van der Waals surface area contributed by atoms with Gasteiger partial charge in [0, 0.05) is 13.1 Å². The number of pyridine rings is 1. The van der Waals surface area contributed by atoms with Gasteiger partial charge in [0.1, 0.15) is 0 Å². The highest BCUT2D eigenvalue weighted by atomic mass is 15.1. The number of rotatable bonds is 6.